The average molecular weight is 214 g/mol. The Kier molecular flexibility index (Phi) is 3.77. The molecule has 0 saturated carbocycles. The molecule has 0 N–H and O–H groups in total. The Morgan fingerprint density at radius 2 is 1.87 bits per heavy atom. The highest BCUT2D eigenvalue weighted by Gasteiger charge is 2.14. The molecule has 0 aromatic heterocycles. The molecule has 0 bridgehead atoms. The lowest BCUT2D eigenvalue weighted by atomic mass is 10.1. The van der Waals surface area contributed by atoms with E-state index in [0.29, 0.717) is 6.42 Å². The summed E-state index contributed by atoms with van der Waals surface area (Å²) in [4.78, 5) is 10.9. The van der Waals surface area contributed by atoms with Gasteiger partial charge in [0, 0.05) is 5.56 Å². The third-order valence-electron chi connectivity index (χ3n) is 1.86. The van der Waals surface area contributed by atoms with Gasteiger partial charge < -0.3 is 4.74 Å². The number of carbonyl (C=O) groups is 1. The lowest BCUT2D eigenvalue weighted by Gasteiger charge is -2.07. The van der Waals surface area contributed by atoms with E-state index < -0.39 is 17.4 Å². The minimum atomic E-state index is -0.839. The zero-order valence-corrected chi connectivity index (χ0v) is 8.64. The van der Waals surface area contributed by atoms with E-state index in [-0.39, 0.29) is 18.0 Å². The average Bonchev–Trinajstić information content (AvgIpc) is 2.16. The van der Waals surface area contributed by atoms with Crippen LogP contribution in [0.3, 0.4) is 0 Å². The van der Waals surface area contributed by atoms with Gasteiger partial charge in [-0.25, -0.2) is 8.78 Å². The summed E-state index contributed by atoms with van der Waals surface area (Å²) in [6.45, 7) is 3.33. The van der Waals surface area contributed by atoms with Crippen molar-refractivity contribution in [3.05, 3.63) is 29.3 Å². The fourth-order valence-corrected chi connectivity index (χ4v) is 1.11. The Hall–Kier alpha value is -1.45. The van der Waals surface area contributed by atoms with Crippen molar-refractivity contribution < 1.29 is 18.3 Å². The maximum atomic E-state index is 13.3. The first-order valence-electron chi connectivity index (χ1n) is 4.69. The minimum Gasteiger partial charge on any atom is -0.488 e. The monoisotopic (exact) mass is 214 g/mol. The summed E-state index contributed by atoms with van der Waals surface area (Å²) in [5.41, 5.74) is 0.00819. The first kappa shape index (κ1) is 11.6. The molecule has 0 unspecified atom stereocenters. The Bertz CT molecular complexity index is 352. The molecule has 0 fully saturated rings. The number of carbonyl (C=O) groups excluding carboxylic acids is 1. The van der Waals surface area contributed by atoms with Gasteiger partial charge in [-0.15, -0.1) is 0 Å². The lowest BCUT2D eigenvalue weighted by molar-refractivity contribution is 0.101. The van der Waals surface area contributed by atoms with Crippen molar-refractivity contribution in [3.63, 3.8) is 0 Å². The molecule has 0 atom stereocenters. The van der Waals surface area contributed by atoms with E-state index in [2.05, 4.69) is 0 Å². The minimum absolute atomic E-state index is 0.00819. The smallest absolute Gasteiger partial charge is 0.190 e. The quantitative estimate of drug-likeness (QED) is 0.720. The number of rotatable bonds is 4. The van der Waals surface area contributed by atoms with Crippen molar-refractivity contribution >= 4 is 5.78 Å². The van der Waals surface area contributed by atoms with Crippen molar-refractivity contribution in [2.24, 2.45) is 0 Å². The Morgan fingerprint density at radius 1 is 1.33 bits per heavy atom. The highest BCUT2D eigenvalue weighted by atomic mass is 19.1. The first-order valence-corrected chi connectivity index (χ1v) is 4.69. The number of ketones is 1. The number of ether oxygens (including phenoxy) is 1. The predicted octanol–water partition coefficient (Wildman–Crippen LogP) is 2.96. The number of hydrogen-bond donors (Lipinski definition) is 0. The predicted molar refractivity (Wildman–Crippen MR) is 52.1 cm³/mol. The highest BCUT2D eigenvalue weighted by Crippen LogP contribution is 2.23. The van der Waals surface area contributed by atoms with Crippen LogP contribution in [-0.2, 0) is 0 Å². The Morgan fingerprint density at radius 3 is 2.27 bits per heavy atom. The van der Waals surface area contributed by atoms with E-state index in [9.17, 15) is 13.6 Å². The van der Waals surface area contributed by atoms with Gasteiger partial charge in [-0.2, -0.15) is 0 Å². The van der Waals surface area contributed by atoms with Crippen molar-refractivity contribution in [2.75, 3.05) is 6.61 Å². The molecule has 2 nitrogen and oxygen atoms in total. The first-order chi connectivity index (χ1) is 7.06. The summed E-state index contributed by atoms with van der Waals surface area (Å²) < 4.78 is 31.4. The molecular formula is C11H12F2O2. The zero-order chi connectivity index (χ0) is 11.4. The van der Waals surface area contributed by atoms with Crippen LogP contribution in [0.15, 0.2) is 12.1 Å². The number of halogens is 2. The topological polar surface area (TPSA) is 26.3 Å². The second-order valence-corrected chi connectivity index (χ2v) is 3.17. The van der Waals surface area contributed by atoms with Crippen molar-refractivity contribution in [1.82, 2.24) is 0 Å². The standard InChI is InChI=1S/C11H12F2O2/c1-3-4-15-11-9(12)5-8(7(2)14)6-10(11)13/h5-6H,3-4H2,1-2H3. The van der Waals surface area contributed by atoms with E-state index in [0.717, 1.165) is 12.1 Å². The van der Waals surface area contributed by atoms with E-state index in [1.54, 1.807) is 0 Å². The Labute approximate surface area is 86.9 Å². The summed E-state index contributed by atoms with van der Waals surface area (Å²) >= 11 is 0. The molecule has 0 aliphatic heterocycles. The second kappa shape index (κ2) is 4.87. The lowest BCUT2D eigenvalue weighted by Crippen LogP contribution is -2.03. The van der Waals surface area contributed by atoms with Gasteiger partial charge in [0.05, 0.1) is 6.61 Å². The van der Waals surface area contributed by atoms with Crippen LogP contribution in [0.2, 0.25) is 0 Å². The molecule has 0 aliphatic rings. The molecule has 4 heteroatoms. The molecule has 82 valence electrons. The van der Waals surface area contributed by atoms with Gasteiger partial charge in [0.2, 0.25) is 0 Å². The van der Waals surface area contributed by atoms with E-state index in [1.807, 2.05) is 6.92 Å². The third kappa shape index (κ3) is 2.75. The van der Waals surface area contributed by atoms with Crippen LogP contribution in [0.5, 0.6) is 5.75 Å². The molecule has 0 amide bonds. The van der Waals surface area contributed by atoms with E-state index in [4.69, 9.17) is 4.74 Å². The maximum absolute atomic E-state index is 13.3. The van der Waals surface area contributed by atoms with Crippen LogP contribution in [0, 0.1) is 11.6 Å². The summed E-state index contributed by atoms with van der Waals surface area (Å²) in [5, 5.41) is 0. The molecule has 1 aromatic rings. The van der Waals surface area contributed by atoms with Gasteiger partial charge in [-0.05, 0) is 25.5 Å². The van der Waals surface area contributed by atoms with Crippen molar-refractivity contribution in [3.8, 4) is 5.75 Å². The molecule has 0 spiro atoms. The number of hydrogen-bond acceptors (Lipinski definition) is 2. The van der Waals surface area contributed by atoms with E-state index >= 15 is 0 Å². The van der Waals surface area contributed by atoms with Crippen LogP contribution >= 0.6 is 0 Å². The van der Waals surface area contributed by atoms with Crippen molar-refractivity contribution in [1.29, 1.82) is 0 Å². The largest absolute Gasteiger partial charge is 0.488 e. The van der Waals surface area contributed by atoms with Crippen LogP contribution in [0.1, 0.15) is 30.6 Å². The number of benzene rings is 1. The molecule has 15 heavy (non-hydrogen) atoms. The fourth-order valence-electron chi connectivity index (χ4n) is 1.11. The summed E-state index contributed by atoms with van der Waals surface area (Å²) in [6.07, 6.45) is 0.660. The van der Waals surface area contributed by atoms with Gasteiger partial charge in [-0.3, -0.25) is 4.79 Å². The molecule has 0 saturated heterocycles. The van der Waals surface area contributed by atoms with Gasteiger partial charge >= 0.3 is 0 Å². The van der Waals surface area contributed by atoms with Crippen LogP contribution in [0.4, 0.5) is 8.78 Å². The number of Topliss-reactive ketones (excluding diaryl/α,β-unsaturated/α-hetero) is 1. The van der Waals surface area contributed by atoms with Crippen LogP contribution in [0.25, 0.3) is 0 Å². The summed E-state index contributed by atoms with van der Waals surface area (Å²) in [6, 6.07) is 1.97. The normalized spacial score (nSPS) is 10.1. The fraction of sp³-hybridized carbons (Fsp3) is 0.364. The molecule has 0 aliphatic carbocycles. The highest BCUT2D eigenvalue weighted by molar-refractivity contribution is 5.94. The van der Waals surface area contributed by atoms with Crippen LogP contribution < -0.4 is 4.74 Å². The van der Waals surface area contributed by atoms with Gasteiger partial charge in [-0.1, -0.05) is 6.92 Å². The van der Waals surface area contributed by atoms with E-state index in [1.165, 1.54) is 6.92 Å². The molecule has 1 rings (SSSR count). The second-order valence-electron chi connectivity index (χ2n) is 3.17. The SMILES string of the molecule is CCCOc1c(F)cc(C(C)=O)cc1F. The molecule has 0 radical (unpaired) electrons. The third-order valence-corrected chi connectivity index (χ3v) is 1.86. The molecule has 1 aromatic carbocycles. The van der Waals surface area contributed by atoms with Gasteiger partial charge in [0.1, 0.15) is 0 Å². The van der Waals surface area contributed by atoms with Gasteiger partial charge in [0.25, 0.3) is 0 Å². The molecular weight excluding hydrogens is 202 g/mol. The van der Waals surface area contributed by atoms with Gasteiger partial charge in [0.15, 0.2) is 23.2 Å². The molecule has 0 heterocycles. The summed E-state index contributed by atoms with van der Waals surface area (Å²) in [7, 11) is 0. The zero-order valence-electron chi connectivity index (χ0n) is 8.64. The maximum Gasteiger partial charge on any atom is 0.190 e. The Balaban J connectivity index is 3.04. The summed E-state index contributed by atoms with van der Waals surface area (Å²) in [5.74, 6) is -2.47. The van der Waals surface area contributed by atoms with Crippen molar-refractivity contribution in [2.45, 2.75) is 20.3 Å². The van der Waals surface area contributed by atoms with Crippen LogP contribution in [-0.4, -0.2) is 12.4 Å².